The summed E-state index contributed by atoms with van der Waals surface area (Å²) in [6.45, 7) is 10.5. The molecule has 178 valence electrons. The van der Waals surface area contributed by atoms with Crippen LogP contribution in [0, 0.1) is 40.4 Å². The van der Waals surface area contributed by atoms with E-state index in [0.29, 0.717) is 42.5 Å². The predicted octanol–water partition coefficient (Wildman–Crippen LogP) is 5.27. The van der Waals surface area contributed by atoms with E-state index in [9.17, 15) is 14.4 Å². The highest BCUT2D eigenvalue weighted by Gasteiger charge is 2.61. The number of fused-ring (bicyclic) bond motifs is 5. The third kappa shape index (κ3) is 3.94. The van der Waals surface area contributed by atoms with Crippen molar-refractivity contribution >= 4 is 17.7 Å². The molecule has 0 N–H and O–H groups in total. The quantitative estimate of drug-likeness (QED) is 0.541. The molecule has 5 heteroatoms. The number of rotatable bonds is 5. The van der Waals surface area contributed by atoms with E-state index in [1.165, 1.54) is 32.3 Å². The molecule has 0 aromatic rings. The smallest absolute Gasteiger partial charge is 0.302 e. The van der Waals surface area contributed by atoms with Crippen LogP contribution in [0.5, 0.6) is 0 Å². The summed E-state index contributed by atoms with van der Waals surface area (Å²) < 4.78 is 10.7. The fourth-order valence-electron chi connectivity index (χ4n) is 8.27. The Kier molecular flexibility index (Phi) is 6.32. The molecule has 0 radical (unpaired) electrons. The molecule has 0 heterocycles. The van der Waals surface area contributed by atoms with E-state index in [-0.39, 0.29) is 34.8 Å². The van der Waals surface area contributed by atoms with E-state index in [0.717, 1.165) is 32.1 Å². The molecule has 3 fully saturated rings. The lowest BCUT2D eigenvalue weighted by atomic mass is 9.46. The molecule has 4 rings (SSSR count). The van der Waals surface area contributed by atoms with Gasteiger partial charge in [0.25, 0.3) is 0 Å². The topological polar surface area (TPSA) is 69.7 Å². The lowest BCUT2D eigenvalue weighted by Crippen LogP contribution is -2.53. The standard InChI is InChI=1S/C27H40O5/c1-16(10-13-31-17(2)28)21-6-7-22-25-23(9-12-27(21,22)5)26(4)11-8-20(32-18(3)29)14-19(26)15-24(25)30/h15-16,20-23,25H,6-14H2,1-5H3/t16-,20?,21?,22?,23?,25?,26?,27?/m1/s1. The summed E-state index contributed by atoms with van der Waals surface area (Å²) >= 11 is 0. The van der Waals surface area contributed by atoms with E-state index in [4.69, 9.17) is 9.47 Å². The summed E-state index contributed by atoms with van der Waals surface area (Å²) in [5.41, 5.74) is 1.45. The van der Waals surface area contributed by atoms with E-state index < -0.39 is 0 Å². The lowest BCUT2D eigenvalue weighted by molar-refractivity contribution is -0.149. The Hall–Kier alpha value is -1.65. The van der Waals surface area contributed by atoms with Crippen LogP contribution in [0.25, 0.3) is 0 Å². The Balaban J connectivity index is 1.53. The normalized spacial score (nSPS) is 41.6. The van der Waals surface area contributed by atoms with Crippen molar-refractivity contribution in [2.45, 2.75) is 92.1 Å². The van der Waals surface area contributed by atoms with Gasteiger partial charge in [0.2, 0.25) is 0 Å². The molecule has 0 aromatic heterocycles. The van der Waals surface area contributed by atoms with Crippen LogP contribution in [-0.4, -0.2) is 30.4 Å². The minimum atomic E-state index is -0.229. The highest BCUT2D eigenvalue weighted by molar-refractivity contribution is 5.94. The number of hydrogen-bond acceptors (Lipinski definition) is 5. The van der Waals surface area contributed by atoms with Gasteiger partial charge in [-0.15, -0.1) is 0 Å². The van der Waals surface area contributed by atoms with Gasteiger partial charge >= 0.3 is 11.9 Å². The minimum absolute atomic E-state index is 0.0512. The molecule has 0 saturated heterocycles. The number of allylic oxidation sites excluding steroid dienone is 1. The fraction of sp³-hybridized carbons (Fsp3) is 0.815. The predicted molar refractivity (Wildman–Crippen MR) is 122 cm³/mol. The fourth-order valence-corrected chi connectivity index (χ4v) is 8.27. The van der Waals surface area contributed by atoms with Gasteiger partial charge < -0.3 is 9.47 Å². The van der Waals surface area contributed by atoms with E-state index in [2.05, 4.69) is 20.8 Å². The monoisotopic (exact) mass is 444 g/mol. The van der Waals surface area contributed by atoms with Crippen molar-refractivity contribution in [3.63, 3.8) is 0 Å². The van der Waals surface area contributed by atoms with Crippen LogP contribution in [0.4, 0.5) is 0 Å². The third-order valence-corrected chi connectivity index (χ3v) is 9.87. The largest absolute Gasteiger partial charge is 0.466 e. The van der Waals surface area contributed by atoms with Crippen LogP contribution in [0.15, 0.2) is 11.6 Å². The molecule has 0 amide bonds. The molecule has 3 saturated carbocycles. The van der Waals surface area contributed by atoms with E-state index in [1.807, 2.05) is 6.08 Å². The third-order valence-electron chi connectivity index (χ3n) is 9.87. The lowest BCUT2D eigenvalue weighted by Gasteiger charge is -2.57. The Labute approximate surface area is 192 Å². The first kappa shape index (κ1) is 23.5. The maximum atomic E-state index is 13.5. The number of carbonyl (C=O) groups excluding carboxylic acids is 3. The van der Waals surface area contributed by atoms with Crippen molar-refractivity contribution in [2.75, 3.05) is 6.61 Å². The molecule has 0 aromatic carbocycles. The van der Waals surface area contributed by atoms with Crippen molar-refractivity contribution in [1.29, 1.82) is 0 Å². The van der Waals surface area contributed by atoms with E-state index in [1.54, 1.807) is 0 Å². The van der Waals surface area contributed by atoms with Gasteiger partial charge in [-0.05, 0) is 85.5 Å². The SMILES string of the molecule is CC(=O)OCC[C@@H](C)C1CCC2C3C(=O)C=C4CC(OC(C)=O)CCC4(C)C3CCC21C. The number of carbonyl (C=O) groups is 3. The first-order valence-corrected chi connectivity index (χ1v) is 12.6. The molecule has 5 nitrogen and oxygen atoms in total. The van der Waals surface area contributed by atoms with Crippen molar-refractivity contribution < 1.29 is 23.9 Å². The Bertz CT molecular complexity index is 815. The zero-order chi connectivity index (χ0) is 23.3. The zero-order valence-electron chi connectivity index (χ0n) is 20.4. The number of hydrogen-bond donors (Lipinski definition) is 0. The number of ether oxygens (including phenoxy) is 2. The second-order valence-electron chi connectivity index (χ2n) is 11.5. The molecule has 0 bridgehead atoms. The minimum Gasteiger partial charge on any atom is -0.466 e. The molecule has 4 aliphatic carbocycles. The Morgan fingerprint density at radius 1 is 1.06 bits per heavy atom. The van der Waals surface area contributed by atoms with Gasteiger partial charge in [-0.1, -0.05) is 26.3 Å². The molecule has 4 aliphatic rings. The molecule has 0 spiro atoms. The second kappa shape index (κ2) is 8.61. The molecular weight excluding hydrogens is 404 g/mol. The summed E-state index contributed by atoms with van der Waals surface area (Å²) in [4.78, 5) is 36.1. The summed E-state index contributed by atoms with van der Waals surface area (Å²) in [7, 11) is 0. The zero-order valence-corrected chi connectivity index (χ0v) is 20.4. The van der Waals surface area contributed by atoms with Crippen LogP contribution in [0.3, 0.4) is 0 Å². The first-order chi connectivity index (χ1) is 15.1. The highest BCUT2D eigenvalue weighted by Crippen LogP contribution is 2.66. The Morgan fingerprint density at radius 3 is 2.50 bits per heavy atom. The van der Waals surface area contributed by atoms with Gasteiger partial charge in [0.15, 0.2) is 5.78 Å². The van der Waals surface area contributed by atoms with Gasteiger partial charge in [0.1, 0.15) is 6.10 Å². The average Bonchev–Trinajstić information content (AvgIpc) is 3.05. The maximum absolute atomic E-state index is 13.5. The van der Waals surface area contributed by atoms with Crippen LogP contribution in [0.2, 0.25) is 0 Å². The molecule has 32 heavy (non-hydrogen) atoms. The van der Waals surface area contributed by atoms with Crippen LogP contribution < -0.4 is 0 Å². The van der Waals surface area contributed by atoms with Gasteiger partial charge in [-0.3, -0.25) is 14.4 Å². The van der Waals surface area contributed by atoms with Crippen molar-refractivity contribution in [1.82, 2.24) is 0 Å². The summed E-state index contributed by atoms with van der Waals surface area (Å²) in [5, 5.41) is 0. The number of ketones is 1. The van der Waals surface area contributed by atoms with Crippen molar-refractivity contribution in [3.8, 4) is 0 Å². The van der Waals surface area contributed by atoms with Crippen LogP contribution in [0.1, 0.15) is 86.0 Å². The van der Waals surface area contributed by atoms with Gasteiger partial charge in [0, 0.05) is 26.2 Å². The van der Waals surface area contributed by atoms with Crippen molar-refractivity contribution in [2.24, 2.45) is 40.4 Å². The van der Waals surface area contributed by atoms with Gasteiger partial charge in [-0.2, -0.15) is 0 Å². The van der Waals surface area contributed by atoms with Crippen LogP contribution >= 0.6 is 0 Å². The van der Waals surface area contributed by atoms with Crippen molar-refractivity contribution in [3.05, 3.63) is 11.6 Å². The Morgan fingerprint density at radius 2 is 1.81 bits per heavy atom. The molecule has 7 unspecified atom stereocenters. The molecule has 0 aliphatic heterocycles. The summed E-state index contributed by atoms with van der Waals surface area (Å²) in [5.74, 6) is 1.91. The summed E-state index contributed by atoms with van der Waals surface area (Å²) in [6.07, 6.45) is 9.92. The van der Waals surface area contributed by atoms with Gasteiger partial charge in [0.05, 0.1) is 6.61 Å². The van der Waals surface area contributed by atoms with Gasteiger partial charge in [-0.25, -0.2) is 0 Å². The average molecular weight is 445 g/mol. The number of esters is 2. The first-order valence-electron chi connectivity index (χ1n) is 12.6. The van der Waals surface area contributed by atoms with Crippen LogP contribution in [-0.2, 0) is 23.9 Å². The van der Waals surface area contributed by atoms with E-state index >= 15 is 0 Å². The summed E-state index contributed by atoms with van der Waals surface area (Å²) in [6, 6.07) is 0. The molecular formula is C27H40O5. The molecule has 8 atom stereocenters. The second-order valence-corrected chi connectivity index (χ2v) is 11.5. The maximum Gasteiger partial charge on any atom is 0.302 e. The highest BCUT2D eigenvalue weighted by atomic mass is 16.5.